The fourth-order valence-corrected chi connectivity index (χ4v) is 4.62. The van der Waals surface area contributed by atoms with Crippen molar-refractivity contribution >= 4 is 17.7 Å². The third kappa shape index (κ3) is 7.01. The summed E-state index contributed by atoms with van der Waals surface area (Å²) in [6, 6.07) is 10.2. The molecule has 1 heterocycles. The second kappa shape index (κ2) is 9.93. The zero-order valence-electron chi connectivity index (χ0n) is 16.2. The predicted octanol–water partition coefficient (Wildman–Crippen LogP) is 4.02. The van der Waals surface area contributed by atoms with E-state index < -0.39 is 5.97 Å². The van der Waals surface area contributed by atoms with E-state index in [1.165, 1.54) is 10.3 Å². The zero-order valence-corrected chi connectivity index (χ0v) is 17.1. The Hall–Kier alpha value is -1.82. The van der Waals surface area contributed by atoms with Gasteiger partial charge in [-0.3, -0.25) is 4.79 Å². The summed E-state index contributed by atoms with van der Waals surface area (Å²) in [6.45, 7) is 3.95. The number of hydrogen-bond acceptors (Lipinski definition) is 4. The Morgan fingerprint density at radius 3 is 2.70 bits per heavy atom. The molecule has 1 aliphatic heterocycles. The van der Waals surface area contributed by atoms with Crippen LogP contribution in [-0.4, -0.2) is 33.3 Å². The number of aliphatic carboxylic acids is 1. The standard InChI is InChI=1S/C21H30N2O3S/c1-21(2,15-20(25)26)11-13-27-12-10-18-19(24)9-8-17(23(18)22)14-16-6-4-3-5-7-16/h3-7,17H,8-15H2,1-2H3,(H2-,22,24,25,26). The number of benzene rings is 1. The summed E-state index contributed by atoms with van der Waals surface area (Å²) in [7, 11) is 0. The van der Waals surface area contributed by atoms with Crippen molar-refractivity contribution in [2.45, 2.75) is 58.4 Å². The maximum absolute atomic E-state index is 12.3. The minimum atomic E-state index is -0.761. The average molecular weight is 391 g/mol. The molecule has 27 heavy (non-hydrogen) atoms. The predicted molar refractivity (Wildman–Crippen MR) is 106 cm³/mol. The van der Waals surface area contributed by atoms with Crippen molar-refractivity contribution < 1.29 is 19.7 Å². The van der Waals surface area contributed by atoms with E-state index in [1.807, 2.05) is 32.0 Å². The lowest BCUT2D eigenvalue weighted by Gasteiger charge is -2.25. The number of carbonyl (C=O) groups is 1. The van der Waals surface area contributed by atoms with Gasteiger partial charge in [-0.05, 0) is 29.6 Å². The van der Waals surface area contributed by atoms with Crippen LogP contribution in [0.5, 0.6) is 0 Å². The molecule has 0 bridgehead atoms. The zero-order chi connectivity index (χ0) is 19.9. The van der Waals surface area contributed by atoms with Crippen molar-refractivity contribution in [1.82, 2.24) is 0 Å². The molecular weight excluding hydrogens is 360 g/mol. The first kappa shape index (κ1) is 21.5. The van der Waals surface area contributed by atoms with Crippen LogP contribution in [0.3, 0.4) is 0 Å². The van der Waals surface area contributed by atoms with E-state index in [2.05, 4.69) is 12.1 Å². The smallest absolute Gasteiger partial charge is 0.303 e. The number of rotatable bonds is 10. The topological polar surface area (TPSA) is 87.2 Å². The van der Waals surface area contributed by atoms with Crippen LogP contribution in [0.1, 0.15) is 51.5 Å². The largest absolute Gasteiger partial charge is 0.871 e. The molecule has 0 spiro atoms. The van der Waals surface area contributed by atoms with Crippen molar-refractivity contribution in [3.63, 3.8) is 0 Å². The van der Waals surface area contributed by atoms with Gasteiger partial charge in [-0.25, -0.2) is 0 Å². The summed E-state index contributed by atoms with van der Waals surface area (Å²) in [5.41, 5.74) is 10.0. The molecule has 2 N–H and O–H groups in total. The molecule has 0 aromatic heterocycles. The number of carboxylic acids is 1. The summed E-state index contributed by atoms with van der Waals surface area (Å²) in [5.74, 6) is 0.994. The lowest BCUT2D eigenvalue weighted by atomic mass is 9.87. The van der Waals surface area contributed by atoms with Gasteiger partial charge in [0.25, 0.3) is 0 Å². The Morgan fingerprint density at radius 1 is 1.33 bits per heavy atom. The summed E-state index contributed by atoms with van der Waals surface area (Å²) < 4.78 is 1.45. The molecule has 1 aromatic rings. The van der Waals surface area contributed by atoms with Crippen LogP contribution < -0.4 is 5.11 Å². The molecule has 2 rings (SSSR count). The number of nitrogens with zero attached hydrogens (tertiary/aromatic N) is 1. The highest BCUT2D eigenvalue weighted by atomic mass is 32.2. The van der Waals surface area contributed by atoms with E-state index in [9.17, 15) is 9.90 Å². The summed E-state index contributed by atoms with van der Waals surface area (Å²) >= 11 is 1.73. The van der Waals surface area contributed by atoms with Crippen LogP contribution in [0.15, 0.2) is 41.8 Å². The van der Waals surface area contributed by atoms with E-state index in [1.54, 1.807) is 11.8 Å². The lowest BCUT2D eigenvalue weighted by Crippen LogP contribution is -2.33. The highest BCUT2D eigenvalue weighted by Crippen LogP contribution is 2.29. The number of carboxylic acid groups (broad SMARTS) is 1. The van der Waals surface area contributed by atoms with Gasteiger partial charge in [0.2, 0.25) is 0 Å². The van der Waals surface area contributed by atoms with Gasteiger partial charge in [0.1, 0.15) is 0 Å². The molecule has 0 saturated heterocycles. The Labute approximate surface area is 166 Å². The molecule has 0 radical (unpaired) electrons. The van der Waals surface area contributed by atoms with E-state index in [0.29, 0.717) is 18.5 Å². The number of hydrogen-bond donors (Lipinski definition) is 2. The Balaban J connectivity index is 1.81. The van der Waals surface area contributed by atoms with Gasteiger partial charge in [-0.1, -0.05) is 60.2 Å². The molecule has 1 unspecified atom stereocenters. The molecular formula is C21H30N2O3S. The monoisotopic (exact) mass is 390 g/mol. The highest BCUT2D eigenvalue weighted by Gasteiger charge is 2.30. The minimum absolute atomic E-state index is 0.0552. The summed E-state index contributed by atoms with van der Waals surface area (Å²) in [4.78, 5) is 10.9. The molecule has 0 fully saturated rings. The molecule has 0 saturated carbocycles. The van der Waals surface area contributed by atoms with Gasteiger partial charge in [0.15, 0.2) is 11.7 Å². The molecule has 0 amide bonds. The van der Waals surface area contributed by atoms with Crippen molar-refractivity contribution in [3.05, 3.63) is 47.4 Å². The van der Waals surface area contributed by atoms with Crippen LogP contribution in [0.4, 0.5) is 0 Å². The Morgan fingerprint density at radius 2 is 2.04 bits per heavy atom. The van der Waals surface area contributed by atoms with Crippen LogP contribution >= 0.6 is 11.8 Å². The molecule has 1 aromatic carbocycles. The lowest BCUT2D eigenvalue weighted by molar-refractivity contribution is -0.619. The van der Waals surface area contributed by atoms with Crippen LogP contribution in [0.25, 0.3) is 0 Å². The van der Waals surface area contributed by atoms with Crippen LogP contribution in [0.2, 0.25) is 0 Å². The van der Waals surface area contributed by atoms with E-state index in [0.717, 1.165) is 30.8 Å². The van der Waals surface area contributed by atoms with E-state index in [4.69, 9.17) is 10.6 Å². The van der Waals surface area contributed by atoms with Gasteiger partial charge >= 0.3 is 5.97 Å². The van der Waals surface area contributed by atoms with Gasteiger partial charge < -0.3 is 10.2 Å². The third-order valence-electron chi connectivity index (χ3n) is 5.03. The highest BCUT2D eigenvalue weighted by molar-refractivity contribution is 7.99. The Bertz CT molecular complexity index is 686. The van der Waals surface area contributed by atoms with Gasteiger partial charge in [-0.2, -0.15) is 11.8 Å². The van der Waals surface area contributed by atoms with Crippen molar-refractivity contribution in [3.8, 4) is 0 Å². The average Bonchev–Trinajstić information content (AvgIpc) is 2.59. The summed E-state index contributed by atoms with van der Waals surface area (Å²) in [6.07, 6.45) is 3.66. The molecule has 148 valence electrons. The second-order valence-corrected chi connectivity index (χ2v) is 9.19. The maximum Gasteiger partial charge on any atom is 0.303 e. The maximum atomic E-state index is 12.3. The van der Waals surface area contributed by atoms with Gasteiger partial charge in [-0.15, -0.1) is 0 Å². The van der Waals surface area contributed by atoms with Crippen molar-refractivity contribution in [1.29, 1.82) is 5.53 Å². The van der Waals surface area contributed by atoms with Crippen LogP contribution in [0, 0.1) is 10.9 Å². The molecule has 1 atom stereocenters. The van der Waals surface area contributed by atoms with Gasteiger partial charge in [0, 0.05) is 25.0 Å². The second-order valence-electron chi connectivity index (χ2n) is 7.97. The fourth-order valence-electron chi connectivity index (χ4n) is 3.38. The van der Waals surface area contributed by atoms with Gasteiger partial charge in [0.05, 0.1) is 6.42 Å². The fraction of sp³-hybridized carbons (Fsp3) is 0.571. The van der Waals surface area contributed by atoms with E-state index >= 15 is 0 Å². The quantitative estimate of drug-likeness (QED) is 0.466. The van der Waals surface area contributed by atoms with Crippen molar-refractivity contribution in [2.75, 3.05) is 11.5 Å². The SMILES string of the molecule is CC(C)(CCSCCC1=C([O-])CCC(Cc2ccccc2)[N+]1=N)CC(=O)O. The molecule has 6 heteroatoms. The first-order chi connectivity index (χ1) is 12.8. The first-order valence-electron chi connectivity index (χ1n) is 9.51. The van der Waals surface area contributed by atoms with Crippen LogP contribution in [-0.2, 0) is 11.2 Å². The number of thioether (sulfide) groups is 1. The molecule has 0 aliphatic carbocycles. The number of nitrogens with one attached hydrogen (secondary N) is 1. The molecule has 1 aliphatic rings. The first-order valence-corrected chi connectivity index (χ1v) is 10.7. The van der Waals surface area contributed by atoms with E-state index in [-0.39, 0.29) is 23.6 Å². The number of allylic oxidation sites excluding steroid dienone is 2. The Kier molecular flexibility index (Phi) is 7.90. The molecule has 5 nitrogen and oxygen atoms in total. The third-order valence-corrected chi connectivity index (χ3v) is 6.02. The van der Waals surface area contributed by atoms with Crippen molar-refractivity contribution in [2.24, 2.45) is 5.41 Å². The minimum Gasteiger partial charge on any atom is -0.871 e. The normalized spacial score (nSPS) is 18.0. The summed E-state index contributed by atoms with van der Waals surface area (Å²) in [5, 5.41) is 21.2.